The Balaban J connectivity index is 2.39. The summed E-state index contributed by atoms with van der Waals surface area (Å²) in [7, 11) is 1.59. The molecule has 0 saturated heterocycles. The molecular formula is C13H12N2O3. The Kier molecular flexibility index (Phi) is 3.52. The van der Waals surface area contributed by atoms with Gasteiger partial charge in [0.25, 0.3) is 0 Å². The third-order valence-electron chi connectivity index (χ3n) is 2.49. The first-order valence-electron chi connectivity index (χ1n) is 5.36. The van der Waals surface area contributed by atoms with Crippen LogP contribution in [-0.4, -0.2) is 28.2 Å². The van der Waals surface area contributed by atoms with Crippen LogP contribution in [0.15, 0.2) is 36.8 Å². The van der Waals surface area contributed by atoms with Crippen molar-refractivity contribution in [3.8, 4) is 17.0 Å². The molecule has 0 aliphatic carbocycles. The molecule has 1 N–H and O–H groups in total. The predicted octanol–water partition coefficient (Wildman–Crippen LogP) is 1.78. The quantitative estimate of drug-likeness (QED) is 0.887. The van der Waals surface area contributed by atoms with Gasteiger partial charge in [-0.05, 0) is 24.3 Å². The summed E-state index contributed by atoms with van der Waals surface area (Å²) in [6, 6.07) is 7.29. The highest BCUT2D eigenvalue weighted by molar-refractivity contribution is 5.74. The average molecular weight is 244 g/mol. The van der Waals surface area contributed by atoms with Crippen molar-refractivity contribution >= 4 is 5.97 Å². The number of nitrogens with zero attached hydrogens (tertiary/aromatic N) is 2. The van der Waals surface area contributed by atoms with E-state index in [0.717, 1.165) is 11.3 Å². The summed E-state index contributed by atoms with van der Waals surface area (Å²) >= 11 is 0. The molecule has 18 heavy (non-hydrogen) atoms. The standard InChI is InChI=1S/C13H12N2O3/c1-18-11-4-2-9(3-5-11)13-10(6-12(16)17)7-14-8-15-13/h2-5,7-8H,6H2,1H3,(H,16,17). The fourth-order valence-corrected chi connectivity index (χ4v) is 1.66. The van der Waals surface area contributed by atoms with Crippen LogP contribution >= 0.6 is 0 Å². The molecule has 1 heterocycles. The molecular weight excluding hydrogens is 232 g/mol. The Bertz CT molecular complexity index is 552. The predicted molar refractivity (Wildman–Crippen MR) is 65.4 cm³/mol. The SMILES string of the molecule is COc1ccc(-c2ncncc2CC(=O)O)cc1. The summed E-state index contributed by atoms with van der Waals surface area (Å²) in [6.07, 6.45) is 2.84. The van der Waals surface area contributed by atoms with Crippen LogP contribution in [-0.2, 0) is 11.2 Å². The number of aliphatic carboxylic acids is 1. The molecule has 0 saturated carbocycles. The van der Waals surface area contributed by atoms with Gasteiger partial charge in [0.15, 0.2) is 0 Å². The molecule has 0 aliphatic heterocycles. The molecule has 1 aromatic heterocycles. The fourth-order valence-electron chi connectivity index (χ4n) is 1.66. The Morgan fingerprint density at radius 1 is 1.33 bits per heavy atom. The highest BCUT2D eigenvalue weighted by Crippen LogP contribution is 2.23. The number of carboxylic acid groups (broad SMARTS) is 1. The van der Waals surface area contributed by atoms with Crippen LogP contribution in [0.1, 0.15) is 5.56 Å². The minimum atomic E-state index is -0.903. The zero-order valence-electron chi connectivity index (χ0n) is 9.83. The van der Waals surface area contributed by atoms with E-state index in [1.54, 1.807) is 7.11 Å². The third kappa shape index (κ3) is 2.63. The zero-order valence-corrected chi connectivity index (χ0v) is 9.83. The number of carbonyl (C=O) groups is 1. The number of methoxy groups -OCH3 is 1. The molecule has 0 bridgehead atoms. The summed E-state index contributed by atoms with van der Waals surface area (Å²) in [4.78, 5) is 18.8. The molecule has 2 aromatic rings. The smallest absolute Gasteiger partial charge is 0.307 e. The number of benzene rings is 1. The second-order valence-corrected chi connectivity index (χ2v) is 3.70. The maximum absolute atomic E-state index is 10.8. The first-order chi connectivity index (χ1) is 8.70. The van der Waals surface area contributed by atoms with E-state index in [9.17, 15) is 4.79 Å². The Morgan fingerprint density at radius 3 is 2.67 bits per heavy atom. The van der Waals surface area contributed by atoms with E-state index in [0.29, 0.717) is 11.3 Å². The average Bonchev–Trinajstić information content (AvgIpc) is 2.39. The maximum Gasteiger partial charge on any atom is 0.307 e. The van der Waals surface area contributed by atoms with Crippen molar-refractivity contribution in [1.29, 1.82) is 0 Å². The van der Waals surface area contributed by atoms with Gasteiger partial charge in [0.05, 0.1) is 19.2 Å². The lowest BCUT2D eigenvalue weighted by atomic mass is 10.1. The number of rotatable bonds is 4. The molecule has 5 nitrogen and oxygen atoms in total. The molecule has 0 spiro atoms. The molecule has 0 fully saturated rings. The second-order valence-electron chi connectivity index (χ2n) is 3.70. The largest absolute Gasteiger partial charge is 0.497 e. The number of carboxylic acids is 1. The number of hydrogen-bond donors (Lipinski definition) is 1. The van der Waals surface area contributed by atoms with E-state index in [1.807, 2.05) is 24.3 Å². The first-order valence-corrected chi connectivity index (χ1v) is 5.36. The van der Waals surface area contributed by atoms with E-state index in [2.05, 4.69) is 9.97 Å². The Hall–Kier alpha value is -2.43. The van der Waals surface area contributed by atoms with Gasteiger partial charge in [-0.15, -0.1) is 0 Å². The molecule has 2 rings (SSSR count). The number of hydrogen-bond acceptors (Lipinski definition) is 4. The molecule has 0 amide bonds. The van der Waals surface area contributed by atoms with Gasteiger partial charge in [-0.2, -0.15) is 0 Å². The van der Waals surface area contributed by atoms with Gasteiger partial charge < -0.3 is 9.84 Å². The van der Waals surface area contributed by atoms with Crippen molar-refractivity contribution in [2.24, 2.45) is 0 Å². The van der Waals surface area contributed by atoms with E-state index in [-0.39, 0.29) is 6.42 Å². The second kappa shape index (κ2) is 5.27. The Labute approximate surface area is 104 Å². The normalized spacial score (nSPS) is 10.1. The van der Waals surface area contributed by atoms with Crippen molar-refractivity contribution in [2.75, 3.05) is 7.11 Å². The maximum atomic E-state index is 10.8. The van der Waals surface area contributed by atoms with Crippen LogP contribution in [0.3, 0.4) is 0 Å². The van der Waals surface area contributed by atoms with E-state index in [1.165, 1.54) is 12.5 Å². The van der Waals surface area contributed by atoms with Crippen molar-refractivity contribution in [3.63, 3.8) is 0 Å². The van der Waals surface area contributed by atoms with Crippen LogP contribution < -0.4 is 4.74 Å². The molecule has 0 atom stereocenters. The molecule has 1 aromatic carbocycles. The summed E-state index contributed by atoms with van der Waals surface area (Å²) in [5.74, 6) is -0.160. The monoisotopic (exact) mass is 244 g/mol. The minimum absolute atomic E-state index is 0.0950. The Morgan fingerprint density at radius 2 is 2.06 bits per heavy atom. The van der Waals surface area contributed by atoms with Crippen LogP contribution in [0.2, 0.25) is 0 Å². The minimum Gasteiger partial charge on any atom is -0.497 e. The van der Waals surface area contributed by atoms with Crippen molar-refractivity contribution in [3.05, 3.63) is 42.4 Å². The van der Waals surface area contributed by atoms with Gasteiger partial charge in [0.2, 0.25) is 0 Å². The molecule has 0 unspecified atom stereocenters. The molecule has 0 aliphatic rings. The highest BCUT2D eigenvalue weighted by atomic mass is 16.5. The molecule has 92 valence electrons. The highest BCUT2D eigenvalue weighted by Gasteiger charge is 2.10. The van der Waals surface area contributed by atoms with Crippen LogP contribution in [0.5, 0.6) is 5.75 Å². The lowest BCUT2D eigenvalue weighted by molar-refractivity contribution is -0.136. The van der Waals surface area contributed by atoms with E-state index >= 15 is 0 Å². The van der Waals surface area contributed by atoms with Crippen LogP contribution in [0.4, 0.5) is 0 Å². The van der Waals surface area contributed by atoms with Gasteiger partial charge >= 0.3 is 5.97 Å². The van der Waals surface area contributed by atoms with Crippen molar-refractivity contribution in [2.45, 2.75) is 6.42 Å². The lowest BCUT2D eigenvalue weighted by Crippen LogP contribution is -2.03. The van der Waals surface area contributed by atoms with Crippen molar-refractivity contribution < 1.29 is 14.6 Å². The van der Waals surface area contributed by atoms with Crippen LogP contribution in [0, 0.1) is 0 Å². The van der Waals surface area contributed by atoms with E-state index in [4.69, 9.17) is 9.84 Å². The van der Waals surface area contributed by atoms with Gasteiger partial charge in [-0.3, -0.25) is 4.79 Å². The number of ether oxygens (including phenoxy) is 1. The van der Waals surface area contributed by atoms with Gasteiger partial charge in [-0.25, -0.2) is 9.97 Å². The topological polar surface area (TPSA) is 72.3 Å². The molecule has 5 heteroatoms. The summed E-state index contributed by atoms with van der Waals surface area (Å²) < 4.78 is 5.07. The van der Waals surface area contributed by atoms with E-state index < -0.39 is 5.97 Å². The summed E-state index contributed by atoms with van der Waals surface area (Å²) in [6.45, 7) is 0. The van der Waals surface area contributed by atoms with Gasteiger partial charge in [0.1, 0.15) is 12.1 Å². The fraction of sp³-hybridized carbons (Fsp3) is 0.154. The van der Waals surface area contributed by atoms with Gasteiger partial charge in [-0.1, -0.05) is 0 Å². The third-order valence-corrected chi connectivity index (χ3v) is 2.49. The zero-order chi connectivity index (χ0) is 13.0. The van der Waals surface area contributed by atoms with Crippen LogP contribution in [0.25, 0.3) is 11.3 Å². The van der Waals surface area contributed by atoms with Gasteiger partial charge in [0, 0.05) is 17.3 Å². The molecule has 0 radical (unpaired) electrons. The lowest BCUT2D eigenvalue weighted by Gasteiger charge is -2.06. The number of aromatic nitrogens is 2. The summed E-state index contributed by atoms with van der Waals surface area (Å²) in [5.41, 5.74) is 2.07. The summed E-state index contributed by atoms with van der Waals surface area (Å²) in [5, 5.41) is 8.84. The first kappa shape index (κ1) is 12.0. The van der Waals surface area contributed by atoms with Crippen molar-refractivity contribution in [1.82, 2.24) is 9.97 Å².